The van der Waals surface area contributed by atoms with E-state index in [9.17, 15) is 14.4 Å². The molecule has 2 atom stereocenters. The molecule has 8 nitrogen and oxygen atoms in total. The van der Waals surface area contributed by atoms with Crippen molar-refractivity contribution in [3.63, 3.8) is 0 Å². The van der Waals surface area contributed by atoms with Crippen molar-refractivity contribution in [2.45, 2.75) is 31.9 Å². The van der Waals surface area contributed by atoms with Crippen LogP contribution in [0.2, 0.25) is 0 Å². The van der Waals surface area contributed by atoms with E-state index >= 15 is 0 Å². The fourth-order valence-corrected chi connectivity index (χ4v) is 3.34. The van der Waals surface area contributed by atoms with E-state index in [4.69, 9.17) is 9.15 Å². The maximum atomic E-state index is 12.7. The molecule has 2 N–H and O–H groups in total. The van der Waals surface area contributed by atoms with Gasteiger partial charge in [-0.15, -0.1) is 0 Å². The lowest BCUT2D eigenvalue weighted by molar-refractivity contribution is -0.122. The summed E-state index contributed by atoms with van der Waals surface area (Å²) < 4.78 is 10.7. The summed E-state index contributed by atoms with van der Waals surface area (Å²) in [7, 11) is 0. The molecule has 0 aliphatic carbocycles. The van der Waals surface area contributed by atoms with Crippen LogP contribution in [0.3, 0.4) is 0 Å². The van der Waals surface area contributed by atoms with Crippen LogP contribution in [-0.4, -0.2) is 41.3 Å². The standard InChI is InChI=1S/C19H19N3O5/c1-11-17(23)21-13-10-12(6-7-15(13)27-11)20-18(24)14-4-2-8-22(14)19(25)16-5-3-9-26-16/h3,5-7,9-11,14H,2,4,8H2,1H3,(H,20,24)(H,21,23)/t11-,14-/m1/s1. The second kappa shape index (κ2) is 6.79. The zero-order valence-corrected chi connectivity index (χ0v) is 14.7. The smallest absolute Gasteiger partial charge is 0.290 e. The number of anilines is 2. The Bertz CT molecular complexity index is 893. The minimum absolute atomic E-state index is 0.220. The molecule has 1 saturated heterocycles. The third kappa shape index (κ3) is 3.25. The number of nitrogens with zero attached hydrogens (tertiary/aromatic N) is 1. The lowest BCUT2D eigenvalue weighted by Gasteiger charge is -2.25. The molecule has 140 valence electrons. The third-order valence-corrected chi connectivity index (χ3v) is 4.73. The van der Waals surface area contributed by atoms with Crippen molar-refractivity contribution in [2.24, 2.45) is 0 Å². The predicted octanol–water partition coefficient (Wildman–Crippen LogP) is 2.24. The van der Waals surface area contributed by atoms with E-state index < -0.39 is 12.1 Å². The SMILES string of the molecule is C[C@H]1Oc2ccc(NC(=O)[C@H]3CCCN3C(=O)c3ccco3)cc2NC1=O. The van der Waals surface area contributed by atoms with Gasteiger partial charge >= 0.3 is 0 Å². The van der Waals surface area contributed by atoms with Crippen LogP contribution in [0.4, 0.5) is 11.4 Å². The molecule has 0 radical (unpaired) electrons. The van der Waals surface area contributed by atoms with Crippen LogP contribution in [0.5, 0.6) is 5.75 Å². The zero-order chi connectivity index (χ0) is 19.0. The van der Waals surface area contributed by atoms with Gasteiger partial charge in [-0.3, -0.25) is 14.4 Å². The van der Waals surface area contributed by atoms with E-state index in [1.54, 1.807) is 37.3 Å². The molecule has 8 heteroatoms. The first-order valence-electron chi connectivity index (χ1n) is 8.80. The summed E-state index contributed by atoms with van der Waals surface area (Å²) in [6, 6.07) is 7.70. The average Bonchev–Trinajstić information content (AvgIpc) is 3.34. The van der Waals surface area contributed by atoms with Crippen molar-refractivity contribution in [3.05, 3.63) is 42.4 Å². The number of hydrogen-bond donors (Lipinski definition) is 2. The molecule has 4 rings (SSSR count). The zero-order valence-electron chi connectivity index (χ0n) is 14.7. The van der Waals surface area contributed by atoms with E-state index in [1.807, 2.05) is 0 Å². The van der Waals surface area contributed by atoms with E-state index in [0.29, 0.717) is 30.1 Å². The van der Waals surface area contributed by atoms with Crippen LogP contribution in [0, 0.1) is 0 Å². The largest absolute Gasteiger partial charge is 0.479 e. The van der Waals surface area contributed by atoms with Gasteiger partial charge in [-0.2, -0.15) is 0 Å². The molecule has 1 aromatic carbocycles. The Morgan fingerprint density at radius 3 is 2.93 bits per heavy atom. The summed E-state index contributed by atoms with van der Waals surface area (Å²) in [6.45, 7) is 2.17. The molecule has 2 aliphatic heterocycles. The Morgan fingerprint density at radius 2 is 2.15 bits per heavy atom. The Labute approximate surface area is 155 Å². The number of carbonyl (C=O) groups excluding carboxylic acids is 3. The maximum absolute atomic E-state index is 12.7. The Morgan fingerprint density at radius 1 is 1.30 bits per heavy atom. The molecule has 1 aromatic heterocycles. The Kier molecular flexibility index (Phi) is 4.31. The number of furan rings is 1. The Hall–Kier alpha value is -3.29. The monoisotopic (exact) mass is 369 g/mol. The topological polar surface area (TPSA) is 101 Å². The lowest BCUT2D eigenvalue weighted by atomic mass is 10.1. The van der Waals surface area contributed by atoms with Gasteiger partial charge in [0.25, 0.3) is 11.8 Å². The van der Waals surface area contributed by atoms with Gasteiger partial charge in [0, 0.05) is 12.2 Å². The lowest BCUT2D eigenvalue weighted by Crippen LogP contribution is -2.43. The van der Waals surface area contributed by atoms with Gasteiger partial charge in [-0.05, 0) is 50.1 Å². The summed E-state index contributed by atoms with van der Waals surface area (Å²) in [5, 5.41) is 5.57. The number of benzene rings is 1. The summed E-state index contributed by atoms with van der Waals surface area (Å²) in [6.07, 6.45) is 2.21. The Balaban J connectivity index is 1.48. The molecule has 1 fully saturated rings. The predicted molar refractivity (Wildman–Crippen MR) is 96.6 cm³/mol. The number of ether oxygens (including phenoxy) is 1. The number of fused-ring (bicyclic) bond motifs is 1. The fourth-order valence-electron chi connectivity index (χ4n) is 3.34. The summed E-state index contributed by atoms with van der Waals surface area (Å²) in [5.74, 6) is -0.0356. The van der Waals surface area contributed by atoms with Crippen molar-refractivity contribution in [3.8, 4) is 5.75 Å². The van der Waals surface area contributed by atoms with E-state index in [2.05, 4.69) is 10.6 Å². The number of likely N-dealkylation sites (tertiary alicyclic amines) is 1. The van der Waals surface area contributed by atoms with Crippen molar-refractivity contribution in [2.75, 3.05) is 17.2 Å². The number of nitrogens with one attached hydrogen (secondary N) is 2. The van der Waals surface area contributed by atoms with Gasteiger partial charge in [0.05, 0.1) is 12.0 Å². The molecular formula is C19H19N3O5. The van der Waals surface area contributed by atoms with Gasteiger partial charge < -0.3 is 24.7 Å². The number of hydrogen-bond acceptors (Lipinski definition) is 5. The molecule has 2 aliphatic rings. The molecule has 3 amide bonds. The van der Waals surface area contributed by atoms with E-state index in [0.717, 1.165) is 6.42 Å². The normalized spacial score (nSPS) is 21.2. The van der Waals surface area contributed by atoms with Crippen LogP contribution in [-0.2, 0) is 9.59 Å². The molecular weight excluding hydrogens is 350 g/mol. The molecule has 3 heterocycles. The van der Waals surface area contributed by atoms with Crippen molar-refractivity contribution in [1.29, 1.82) is 0 Å². The van der Waals surface area contributed by atoms with Crippen molar-refractivity contribution >= 4 is 29.1 Å². The van der Waals surface area contributed by atoms with Gasteiger partial charge in [-0.1, -0.05) is 0 Å². The molecule has 0 saturated carbocycles. The van der Waals surface area contributed by atoms with Crippen LogP contribution >= 0.6 is 0 Å². The highest BCUT2D eigenvalue weighted by molar-refractivity contribution is 6.02. The van der Waals surface area contributed by atoms with Crippen molar-refractivity contribution < 1.29 is 23.5 Å². The first-order chi connectivity index (χ1) is 13.0. The second-order valence-electron chi connectivity index (χ2n) is 6.58. The van der Waals surface area contributed by atoms with Crippen LogP contribution in [0.1, 0.15) is 30.3 Å². The summed E-state index contributed by atoms with van der Waals surface area (Å²) >= 11 is 0. The maximum Gasteiger partial charge on any atom is 0.290 e. The number of amides is 3. The second-order valence-corrected chi connectivity index (χ2v) is 6.58. The van der Waals surface area contributed by atoms with E-state index in [-0.39, 0.29) is 23.5 Å². The van der Waals surface area contributed by atoms with E-state index in [1.165, 1.54) is 11.2 Å². The summed E-state index contributed by atoms with van der Waals surface area (Å²) in [4.78, 5) is 38.5. The quantitative estimate of drug-likeness (QED) is 0.864. The van der Waals surface area contributed by atoms with Crippen molar-refractivity contribution in [1.82, 2.24) is 4.90 Å². The molecule has 0 spiro atoms. The molecule has 0 bridgehead atoms. The van der Waals surface area contributed by atoms with Gasteiger partial charge in [-0.25, -0.2) is 0 Å². The highest BCUT2D eigenvalue weighted by Gasteiger charge is 2.35. The minimum atomic E-state index is -0.565. The highest BCUT2D eigenvalue weighted by atomic mass is 16.5. The number of rotatable bonds is 3. The number of carbonyl (C=O) groups is 3. The summed E-state index contributed by atoms with van der Waals surface area (Å²) in [5.41, 5.74) is 1.03. The molecule has 0 unspecified atom stereocenters. The first-order valence-corrected chi connectivity index (χ1v) is 8.80. The van der Waals surface area contributed by atoms with Crippen LogP contribution < -0.4 is 15.4 Å². The average molecular weight is 369 g/mol. The highest BCUT2D eigenvalue weighted by Crippen LogP contribution is 2.32. The van der Waals surface area contributed by atoms with Gasteiger partial charge in [0.2, 0.25) is 5.91 Å². The first kappa shape index (κ1) is 17.1. The van der Waals surface area contributed by atoms with Gasteiger partial charge in [0.15, 0.2) is 11.9 Å². The van der Waals surface area contributed by atoms with Crippen LogP contribution in [0.15, 0.2) is 41.0 Å². The fraction of sp³-hybridized carbons (Fsp3) is 0.316. The minimum Gasteiger partial charge on any atom is -0.479 e. The molecule has 27 heavy (non-hydrogen) atoms. The molecule has 2 aromatic rings. The third-order valence-electron chi connectivity index (χ3n) is 4.73. The van der Waals surface area contributed by atoms with Gasteiger partial charge in [0.1, 0.15) is 11.8 Å². The van der Waals surface area contributed by atoms with Crippen LogP contribution in [0.25, 0.3) is 0 Å².